The van der Waals surface area contributed by atoms with Crippen molar-refractivity contribution in [3.05, 3.63) is 11.0 Å². The first-order valence-corrected chi connectivity index (χ1v) is 3.16. The third-order valence-corrected chi connectivity index (χ3v) is 1.06. The van der Waals surface area contributed by atoms with E-state index < -0.39 is 0 Å². The third-order valence-electron chi connectivity index (χ3n) is 1.06. The van der Waals surface area contributed by atoms with Crippen molar-refractivity contribution in [3.63, 3.8) is 0 Å². The topological polar surface area (TPSA) is 91.3 Å². The first kappa shape index (κ1) is 8.37. The van der Waals surface area contributed by atoms with Crippen LogP contribution < -0.4 is 0 Å². The van der Waals surface area contributed by atoms with Gasteiger partial charge < -0.3 is 10.0 Å². The number of rotatable bonds is 3. The molecule has 0 aliphatic carbocycles. The molecule has 0 radical (unpaired) electrons. The Balaban J connectivity index is 2.44. The fraction of sp³-hybridized carbons (Fsp3) is 0.750. The van der Waals surface area contributed by atoms with Gasteiger partial charge in [0.05, 0.1) is 0 Å². The Hall–Kier alpha value is -1.73. The largest absolute Gasteiger partial charge is 0.598 e. The molecule has 0 aliphatic heterocycles. The number of aromatic nitrogens is 4. The van der Waals surface area contributed by atoms with Crippen LogP contribution in [0.4, 0.5) is 0 Å². The minimum atomic E-state index is 0.0331. The Morgan fingerprint density at radius 2 is 2.50 bits per heavy atom. The van der Waals surface area contributed by atoms with Crippen LogP contribution in [-0.4, -0.2) is 32.1 Å². The highest BCUT2D eigenvalue weighted by atomic mass is 16.7. The second kappa shape index (κ2) is 3.60. The molecule has 0 aliphatic rings. The van der Waals surface area contributed by atoms with Gasteiger partial charge in [0, 0.05) is 0 Å². The van der Waals surface area contributed by atoms with E-state index in [1.807, 2.05) is 0 Å². The predicted octanol–water partition coefficient (Wildman–Crippen LogP) is -0.537. The first-order valence-electron chi connectivity index (χ1n) is 3.16. The molecule has 0 atom stereocenters. The number of aryl methyl sites for hydroxylation is 1. The molecule has 1 aromatic rings. The Labute approximate surface area is 68.0 Å². The molecule has 1 rings (SSSR count). The van der Waals surface area contributed by atoms with Gasteiger partial charge in [-0.15, -0.1) is 5.10 Å². The van der Waals surface area contributed by atoms with Crippen LogP contribution in [0.2, 0.25) is 0 Å². The smallest absolute Gasteiger partial charge is 0.218 e. The highest BCUT2D eigenvalue weighted by Gasteiger charge is 1.99. The molecule has 0 aromatic carbocycles. The van der Waals surface area contributed by atoms with Crippen LogP contribution in [-0.2, 0) is 11.6 Å². The summed E-state index contributed by atoms with van der Waals surface area (Å²) in [4.78, 5) is 4.88. The average molecular weight is 172 g/mol. The van der Waals surface area contributed by atoms with Crippen molar-refractivity contribution in [2.45, 2.75) is 13.7 Å². The maximum Gasteiger partial charge on any atom is 0.218 e. The lowest BCUT2D eigenvalue weighted by Gasteiger charge is -1.96. The Morgan fingerprint density at radius 3 is 3.00 bits per heavy atom. The molecular formula is C4H8N6O2. The van der Waals surface area contributed by atoms with Gasteiger partial charge in [0.25, 0.3) is 0 Å². The van der Waals surface area contributed by atoms with E-state index in [0.29, 0.717) is 10.7 Å². The van der Waals surface area contributed by atoms with Gasteiger partial charge in [-0.25, -0.2) is 0 Å². The van der Waals surface area contributed by atoms with Gasteiger partial charge in [-0.05, 0) is 17.4 Å². The van der Waals surface area contributed by atoms with E-state index >= 15 is 0 Å². The standard InChI is InChI=1S/C4H8N6O2/c1-4-5-6-7-10(4)3-12-8-9(2)11/h3H2,1-2H3. The van der Waals surface area contributed by atoms with E-state index in [1.54, 1.807) is 6.92 Å². The molecule has 0 fully saturated rings. The monoisotopic (exact) mass is 172 g/mol. The van der Waals surface area contributed by atoms with Gasteiger partial charge in [0.2, 0.25) is 12.0 Å². The summed E-state index contributed by atoms with van der Waals surface area (Å²) in [7, 11) is 1.21. The minimum Gasteiger partial charge on any atom is -0.598 e. The summed E-state index contributed by atoms with van der Waals surface area (Å²) in [6.07, 6.45) is 0. The molecule has 0 bridgehead atoms. The summed E-state index contributed by atoms with van der Waals surface area (Å²) in [5.74, 6) is 0.596. The molecule has 0 unspecified atom stereocenters. The van der Waals surface area contributed by atoms with E-state index in [2.05, 4.69) is 25.6 Å². The highest BCUT2D eigenvalue weighted by Crippen LogP contribution is 1.89. The van der Waals surface area contributed by atoms with Gasteiger partial charge in [0.15, 0.2) is 12.9 Å². The summed E-state index contributed by atoms with van der Waals surface area (Å²) in [6, 6.07) is 0. The summed E-state index contributed by atoms with van der Waals surface area (Å²) >= 11 is 0. The fourth-order valence-corrected chi connectivity index (χ4v) is 0.530. The van der Waals surface area contributed by atoms with E-state index in [0.717, 1.165) is 0 Å². The van der Waals surface area contributed by atoms with Crippen LogP contribution in [0, 0.1) is 12.1 Å². The van der Waals surface area contributed by atoms with Crippen molar-refractivity contribution in [1.29, 1.82) is 0 Å². The summed E-state index contributed by atoms with van der Waals surface area (Å²) in [5.41, 5.74) is 0. The quantitative estimate of drug-likeness (QED) is 0.347. The molecule has 12 heavy (non-hydrogen) atoms. The number of tetrazole rings is 1. The van der Waals surface area contributed by atoms with Crippen molar-refractivity contribution >= 4 is 0 Å². The number of nitrogens with zero attached hydrogens (tertiary/aromatic N) is 6. The fourth-order valence-electron chi connectivity index (χ4n) is 0.530. The number of hydroxylamine groups is 1. The van der Waals surface area contributed by atoms with Crippen LogP contribution >= 0.6 is 0 Å². The molecule has 1 aromatic heterocycles. The van der Waals surface area contributed by atoms with Gasteiger partial charge in [-0.2, -0.15) is 4.68 Å². The molecular weight excluding hydrogens is 164 g/mol. The highest BCUT2D eigenvalue weighted by molar-refractivity contribution is 4.70. The van der Waals surface area contributed by atoms with Crippen molar-refractivity contribution in [2.24, 2.45) is 5.28 Å². The SMILES string of the molecule is Cc1nnnn1CON=[N+](C)[O-]. The normalized spacial score (nSPS) is 11.7. The van der Waals surface area contributed by atoms with E-state index in [1.165, 1.54) is 11.7 Å². The van der Waals surface area contributed by atoms with E-state index in [4.69, 9.17) is 0 Å². The maximum absolute atomic E-state index is 10.2. The van der Waals surface area contributed by atoms with Gasteiger partial charge >= 0.3 is 0 Å². The minimum absolute atomic E-state index is 0.0331. The maximum atomic E-state index is 10.2. The molecule has 0 amide bonds. The lowest BCUT2D eigenvalue weighted by atomic mass is 10.7. The number of hydrogen-bond acceptors (Lipinski definition) is 6. The van der Waals surface area contributed by atoms with Crippen molar-refractivity contribution in [2.75, 3.05) is 7.05 Å². The molecule has 1 heterocycles. The Kier molecular flexibility index (Phi) is 2.51. The lowest BCUT2D eigenvalue weighted by molar-refractivity contribution is -0.532. The molecule has 8 nitrogen and oxygen atoms in total. The van der Waals surface area contributed by atoms with Crippen LogP contribution in [0.25, 0.3) is 0 Å². The molecule has 66 valence electrons. The van der Waals surface area contributed by atoms with Gasteiger partial charge in [0.1, 0.15) is 0 Å². The van der Waals surface area contributed by atoms with Crippen molar-refractivity contribution in [1.82, 2.24) is 20.2 Å². The van der Waals surface area contributed by atoms with Gasteiger partial charge in [-0.3, -0.25) is 0 Å². The number of hydrogen-bond donors (Lipinski definition) is 0. The zero-order chi connectivity index (χ0) is 8.97. The molecule has 0 saturated carbocycles. The molecule has 0 N–H and O–H groups in total. The lowest BCUT2D eigenvalue weighted by Crippen LogP contribution is -2.05. The van der Waals surface area contributed by atoms with Gasteiger partial charge in [-0.1, -0.05) is 4.86 Å². The second-order valence-electron chi connectivity index (χ2n) is 2.03. The van der Waals surface area contributed by atoms with Crippen LogP contribution in [0.5, 0.6) is 0 Å². The predicted molar refractivity (Wildman–Crippen MR) is 35.6 cm³/mol. The summed E-state index contributed by atoms with van der Waals surface area (Å²) < 4.78 is 1.37. The summed E-state index contributed by atoms with van der Waals surface area (Å²) in [6.45, 7) is 1.75. The summed E-state index contributed by atoms with van der Waals surface area (Å²) in [5, 5.41) is 23.9. The molecule has 0 saturated heterocycles. The Bertz CT molecular complexity index is 277. The van der Waals surface area contributed by atoms with E-state index in [-0.39, 0.29) is 6.73 Å². The van der Waals surface area contributed by atoms with Crippen LogP contribution in [0.3, 0.4) is 0 Å². The second-order valence-corrected chi connectivity index (χ2v) is 2.03. The Morgan fingerprint density at radius 1 is 1.75 bits per heavy atom. The first-order chi connectivity index (χ1) is 5.70. The molecule has 0 spiro atoms. The molecule has 8 heteroatoms. The van der Waals surface area contributed by atoms with Crippen molar-refractivity contribution in [3.8, 4) is 0 Å². The van der Waals surface area contributed by atoms with Crippen LogP contribution in [0.15, 0.2) is 5.28 Å². The van der Waals surface area contributed by atoms with Crippen molar-refractivity contribution < 1.29 is 9.70 Å². The third kappa shape index (κ3) is 2.15. The zero-order valence-corrected chi connectivity index (χ0v) is 6.71. The average Bonchev–Trinajstić information content (AvgIpc) is 2.36. The zero-order valence-electron chi connectivity index (χ0n) is 6.71. The van der Waals surface area contributed by atoms with E-state index in [9.17, 15) is 5.21 Å². The van der Waals surface area contributed by atoms with Crippen LogP contribution in [0.1, 0.15) is 5.82 Å².